The molecule has 0 aliphatic carbocycles. The number of rotatable bonds is 1. The maximum absolute atomic E-state index is 5.64. The molecule has 4 N–H and O–H groups in total. The van der Waals surface area contributed by atoms with Crippen molar-refractivity contribution in [2.24, 2.45) is 4.99 Å². The van der Waals surface area contributed by atoms with Crippen LogP contribution < -0.4 is 16.2 Å². The quantitative estimate of drug-likeness (QED) is 0.790. The molecule has 2 aromatic rings. The van der Waals surface area contributed by atoms with Gasteiger partial charge in [0, 0.05) is 30.2 Å². The molecule has 4 nitrogen and oxygen atoms in total. The van der Waals surface area contributed by atoms with Gasteiger partial charge in [-0.15, -0.1) is 0 Å². The van der Waals surface area contributed by atoms with Crippen molar-refractivity contribution in [3.63, 3.8) is 0 Å². The molecule has 0 amide bonds. The largest absolute Gasteiger partial charge is 0.496 e. The van der Waals surface area contributed by atoms with Gasteiger partial charge in [-0.1, -0.05) is 12.1 Å². The number of hydrogen-bond acceptors (Lipinski definition) is 4. The first-order valence-electron chi connectivity index (χ1n) is 6.74. The third-order valence-electron chi connectivity index (χ3n) is 3.22. The lowest BCUT2D eigenvalue weighted by atomic mass is 10.0. The molecule has 1 aliphatic rings. The molecule has 109 valence electrons. The Labute approximate surface area is 125 Å². The van der Waals surface area contributed by atoms with Crippen LogP contribution in [0.2, 0.25) is 0 Å². The number of fused-ring (bicyclic) bond motifs is 1. The van der Waals surface area contributed by atoms with Crippen molar-refractivity contribution in [3.8, 4) is 5.75 Å². The van der Waals surface area contributed by atoms with Crippen LogP contribution in [-0.2, 0) is 6.42 Å². The Morgan fingerprint density at radius 1 is 1.10 bits per heavy atom. The number of methoxy groups -OCH3 is 1. The summed E-state index contributed by atoms with van der Waals surface area (Å²) in [6.45, 7) is 4.65. The van der Waals surface area contributed by atoms with Crippen LogP contribution in [0.3, 0.4) is 0 Å². The van der Waals surface area contributed by atoms with Gasteiger partial charge in [0.1, 0.15) is 5.75 Å². The van der Waals surface area contributed by atoms with Gasteiger partial charge in [0.05, 0.1) is 7.11 Å². The minimum Gasteiger partial charge on any atom is -0.496 e. The summed E-state index contributed by atoms with van der Waals surface area (Å²) in [6, 6.07) is 11.3. The summed E-state index contributed by atoms with van der Waals surface area (Å²) in [5.74, 6) is 0.736. The van der Waals surface area contributed by atoms with E-state index < -0.39 is 0 Å². The van der Waals surface area contributed by atoms with E-state index in [9.17, 15) is 0 Å². The first kappa shape index (κ1) is 14.9. The van der Waals surface area contributed by atoms with Gasteiger partial charge in [0.25, 0.3) is 0 Å². The number of ether oxygens (including phenoxy) is 1. The Balaban J connectivity index is 0.000000155. The third-order valence-corrected chi connectivity index (χ3v) is 3.22. The second kappa shape index (κ2) is 6.79. The average molecular weight is 282 g/mol. The molecule has 0 saturated carbocycles. The topological polar surface area (TPSA) is 73.6 Å². The van der Waals surface area contributed by atoms with E-state index in [1.165, 1.54) is 11.1 Å². The van der Waals surface area contributed by atoms with Crippen LogP contribution in [-0.4, -0.2) is 19.9 Å². The summed E-state index contributed by atoms with van der Waals surface area (Å²) >= 11 is 0. The maximum Gasteiger partial charge on any atom is 0.124 e. The maximum atomic E-state index is 5.64. The van der Waals surface area contributed by atoms with Crippen molar-refractivity contribution < 1.29 is 4.74 Å². The summed E-state index contributed by atoms with van der Waals surface area (Å²) in [5.41, 5.74) is 16.1. The predicted molar refractivity (Wildman–Crippen MR) is 88.9 cm³/mol. The zero-order valence-electron chi connectivity index (χ0n) is 12.2. The van der Waals surface area contributed by atoms with Crippen molar-refractivity contribution in [1.29, 1.82) is 0 Å². The van der Waals surface area contributed by atoms with Gasteiger partial charge in [-0.25, -0.2) is 0 Å². The zero-order chi connectivity index (χ0) is 15.2. The van der Waals surface area contributed by atoms with E-state index in [0.29, 0.717) is 5.69 Å². The predicted octanol–water partition coefficient (Wildman–Crippen LogP) is 2.70. The number of benzene rings is 2. The molecule has 0 atom stereocenters. The number of nitrogen functional groups attached to an aromatic ring is 2. The highest BCUT2D eigenvalue weighted by atomic mass is 16.5. The van der Waals surface area contributed by atoms with E-state index in [1.807, 2.05) is 30.5 Å². The molecule has 0 unspecified atom stereocenters. The van der Waals surface area contributed by atoms with Crippen LogP contribution in [0.1, 0.15) is 16.7 Å². The van der Waals surface area contributed by atoms with E-state index in [-0.39, 0.29) is 0 Å². The fourth-order valence-electron chi connectivity index (χ4n) is 2.08. The molecule has 0 saturated heterocycles. The standard InChI is InChI=1S/C9H10N2.C8H10NO/c10-9-2-1-8-6-11-4-3-7(8)5-9;1-6-3-4-7(9)5-8(6)10-2/h1-2,5-6H,3-4,10H2;3-5H,1,9H2,2H3. The van der Waals surface area contributed by atoms with Gasteiger partial charge >= 0.3 is 0 Å². The van der Waals surface area contributed by atoms with E-state index in [2.05, 4.69) is 11.9 Å². The van der Waals surface area contributed by atoms with E-state index >= 15 is 0 Å². The summed E-state index contributed by atoms with van der Waals surface area (Å²) in [4.78, 5) is 4.18. The summed E-state index contributed by atoms with van der Waals surface area (Å²) in [5, 5.41) is 0. The van der Waals surface area contributed by atoms with Crippen LogP contribution in [0.4, 0.5) is 11.4 Å². The van der Waals surface area contributed by atoms with E-state index in [1.54, 1.807) is 19.2 Å². The smallest absolute Gasteiger partial charge is 0.124 e. The monoisotopic (exact) mass is 282 g/mol. The zero-order valence-corrected chi connectivity index (χ0v) is 12.2. The van der Waals surface area contributed by atoms with Gasteiger partial charge in [-0.3, -0.25) is 4.99 Å². The second-order valence-corrected chi connectivity index (χ2v) is 4.81. The SMILES string of the molecule is Nc1ccc2c(c1)CCN=C2.[CH2]c1ccc(N)cc1OC. The average Bonchev–Trinajstić information content (AvgIpc) is 2.50. The van der Waals surface area contributed by atoms with Crippen LogP contribution in [0.25, 0.3) is 0 Å². The number of nitrogens with zero attached hydrogens (tertiary/aromatic N) is 1. The fourth-order valence-corrected chi connectivity index (χ4v) is 2.08. The lowest BCUT2D eigenvalue weighted by molar-refractivity contribution is 0.413. The van der Waals surface area contributed by atoms with Gasteiger partial charge in [0.15, 0.2) is 0 Å². The third kappa shape index (κ3) is 3.99. The Hall–Kier alpha value is -2.49. The molecule has 0 spiro atoms. The minimum absolute atomic E-state index is 0.698. The molecule has 3 rings (SSSR count). The lowest BCUT2D eigenvalue weighted by Crippen LogP contribution is -2.03. The lowest BCUT2D eigenvalue weighted by Gasteiger charge is -2.09. The van der Waals surface area contributed by atoms with Crippen LogP contribution >= 0.6 is 0 Å². The van der Waals surface area contributed by atoms with Crippen molar-refractivity contribution in [2.75, 3.05) is 25.1 Å². The van der Waals surface area contributed by atoms with Gasteiger partial charge in [-0.2, -0.15) is 0 Å². The Morgan fingerprint density at radius 2 is 1.81 bits per heavy atom. The Morgan fingerprint density at radius 3 is 2.52 bits per heavy atom. The molecule has 1 heterocycles. The molecule has 0 fully saturated rings. The molecule has 4 heteroatoms. The van der Waals surface area contributed by atoms with Crippen molar-refractivity contribution in [2.45, 2.75) is 6.42 Å². The fraction of sp³-hybridized carbons (Fsp3) is 0.176. The van der Waals surface area contributed by atoms with E-state index in [0.717, 1.165) is 30.0 Å². The van der Waals surface area contributed by atoms with Gasteiger partial charge in [-0.05, 0) is 48.2 Å². The van der Waals surface area contributed by atoms with E-state index in [4.69, 9.17) is 16.2 Å². The van der Waals surface area contributed by atoms with Crippen LogP contribution in [0, 0.1) is 6.92 Å². The number of aliphatic imine (C=N–C) groups is 1. The highest BCUT2D eigenvalue weighted by Crippen LogP contribution is 2.19. The van der Waals surface area contributed by atoms with Crippen molar-refractivity contribution >= 4 is 17.6 Å². The molecule has 2 aromatic carbocycles. The van der Waals surface area contributed by atoms with Crippen molar-refractivity contribution in [1.82, 2.24) is 0 Å². The van der Waals surface area contributed by atoms with Gasteiger partial charge < -0.3 is 16.2 Å². The summed E-state index contributed by atoms with van der Waals surface area (Å²) < 4.78 is 4.98. The normalized spacial score (nSPS) is 12.1. The highest BCUT2D eigenvalue weighted by Gasteiger charge is 2.03. The van der Waals surface area contributed by atoms with Gasteiger partial charge in [0.2, 0.25) is 0 Å². The van der Waals surface area contributed by atoms with Crippen LogP contribution in [0.5, 0.6) is 5.75 Å². The number of anilines is 2. The molecule has 1 radical (unpaired) electrons. The Bertz CT molecular complexity index is 650. The Kier molecular flexibility index (Phi) is 4.82. The second-order valence-electron chi connectivity index (χ2n) is 4.81. The van der Waals surface area contributed by atoms with Crippen molar-refractivity contribution in [3.05, 3.63) is 60.0 Å². The molecule has 0 bridgehead atoms. The molecule has 21 heavy (non-hydrogen) atoms. The molecular weight excluding hydrogens is 262 g/mol. The minimum atomic E-state index is 0.698. The highest BCUT2D eigenvalue weighted by molar-refractivity contribution is 5.83. The first-order valence-corrected chi connectivity index (χ1v) is 6.74. The van der Waals surface area contributed by atoms with Crippen LogP contribution in [0.15, 0.2) is 41.4 Å². The molecule has 0 aromatic heterocycles. The molecule has 1 aliphatic heterocycles. The first-order chi connectivity index (χ1) is 10.1. The summed E-state index contributed by atoms with van der Waals surface area (Å²) in [7, 11) is 1.60. The summed E-state index contributed by atoms with van der Waals surface area (Å²) in [6.07, 6.45) is 2.94. The number of hydrogen-bond donors (Lipinski definition) is 2. The number of nitrogens with two attached hydrogens (primary N) is 2. The molecular formula is C17H20N3O.